The third-order valence-corrected chi connectivity index (χ3v) is 1.34. The summed E-state index contributed by atoms with van der Waals surface area (Å²) >= 11 is 3.92. The minimum Gasteiger partial charge on any atom is -0.394 e. The highest BCUT2D eigenvalue weighted by Gasteiger charge is 2.05. The van der Waals surface area contributed by atoms with Crippen molar-refractivity contribution in [1.29, 1.82) is 0 Å². The van der Waals surface area contributed by atoms with Crippen LogP contribution in [0.15, 0.2) is 0 Å². The Labute approximate surface area is 63.3 Å². The molecule has 3 N–H and O–H groups in total. The van der Waals surface area contributed by atoms with Gasteiger partial charge in [-0.3, -0.25) is 8.74 Å². The molecule has 0 aromatic rings. The minimum absolute atomic E-state index is 0.435. The molecular formula is C3H8O5S2. The Morgan fingerprint density at radius 3 is 2.50 bits per heavy atom. The minimum atomic E-state index is -3.67. The van der Waals surface area contributed by atoms with Crippen molar-refractivity contribution < 1.29 is 23.2 Å². The maximum atomic E-state index is 10.2. The lowest BCUT2D eigenvalue weighted by atomic mass is 10.4. The van der Waals surface area contributed by atoms with Crippen molar-refractivity contribution in [3.05, 3.63) is 0 Å². The molecule has 0 aliphatic carbocycles. The number of hydrogen-bond donors (Lipinski definition) is 3. The van der Waals surface area contributed by atoms with E-state index in [1.807, 2.05) is 0 Å². The molecule has 0 bridgehead atoms. The summed E-state index contributed by atoms with van der Waals surface area (Å²) < 4.78 is 22.5. The van der Waals surface area contributed by atoms with Gasteiger partial charge in [0.1, 0.15) is 6.10 Å². The highest BCUT2D eigenvalue weighted by atomic mass is 32.9. The van der Waals surface area contributed by atoms with Gasteiger partial charge in [0.05, 0.1) is 13.2 Å². The van der Waals surface area contributed by atoms with E-state index in [0.29, 0.717) is 0 Å². The molecule has 62 valence electrons. The van der Waals surface area contributed by atoms with Crippen LogP contribution in [0.4, 0.5) is 0 Å². The molecule has 0 aromatic carbocycles. The van der Waals surface area contributed by atoms with E-state index < -0.39 is 28.4 Å². The molecule has 0 aliphatic heterocycles. The Morgan fingerprint density at radius 1 is 1.70 bits per heavy atom. The maximum Gasteiger partial charge on any atom is 0.266 e. The number of aliphatic hydroxyl groups excluding tert-OH is 2. The molecule has 2 atom stereocenters. The molecule has 0 saturated heterocycles. The van der Waals surface area contributed by atoms with Gasteiger partial charge in [0, 0.05) is 11.2 Å². The molecule has 5 nitrogen and oxygen atoms in total. The Kier molecular flexibility index (Phi) is 4.25. The fraction of sp³-hybridized carbons (Fsp3) is 1.00. The molecule has 0 saturated carbocycles. The summed E-state index contributed by atoms with van der Waals surface area (Å²) in [5.74, 6) is 0. The van der Waals surface area contributed by atoms with E-state index >= 15 is 0 Å². The SMILES string of the molecule is O=S(O)(=S)OCC(O)CO. The van der Waals surface area contributed by atoms with Crippen molar-refractivity contribution in [3.63, 3.8) is 0 Å². The zero-order valence-electron chi connectivity index (χ0n) is 4.97. The van der Waals surface area contributed by atoms with Gasteiger partial charge in [-0.15, -0.1) is 0 Å². The van der Waals surface area contributed by atoms with Crippen LogP contribution in [0.5, 0.6) is 0 Å². The standard InChI is InChI=1S/C3H8O5S2/c4-1-3(5)2-8-10(6,7)9/h3-5H,1-2H2,(H,6,7,9). The second-order valence-electron chi connectivity index (χ2n) is 1.55. The maximum absolute atomic E-state index is 10.2. The number of aliphatic hydroxyl groups is 2. The summed E-state index contributed by atoms with van der Waals surface area (Å²) in [6.07, 6.45) is -1.16. The Bertz CT molecular complexity index is 173. The lowest BCUT2D eigenvalue weighted by Gasteiger charge is -2.05. The van der Waals surface area contributed by atoms with E-state index in [1.165, 1.54) is 0 Å². The molecule has 0 radical (unpaired) electrons. The molecule has 7 heteroatoms. The molecule has 0 spiro atoms. The highest BCUT2D eigenvalue weighted by Crippen LogP contribution is 1.89. The first-order valence-corrected chi connectivity index (χ1v) is 4.73. The van der Waals surface area contributed by atoms with Crippen LogP contribution in [0.25, 0.3) is 0 Å². The van der Waals surface area contributed by atoms with Gasteiger partial charge < -0.3 is 10.2 Å². The molecule has 0 aliphatic rings. The van der Waals surface area contributed by atoms with E-state index in [9.17, 15) is 4.21 Å². The van der Waals surface area contributed by atoms with Crippen LogP contribution in [-0.2, 0) is 24.4 Å². The van der Waals surface area contributed by atoms with Gasteiger partial charge in [0.2, 0.25) is 0 Å². The summed E-state index contributed by atoms with van der Waals surface area (Å²) in [5.41, 5.74) is 0. The van der Waals surface area contributed by atoms with E-state index in [-0.39, 0.29) is 0 Å². The molecular weight excluding hydrogens is 180 g/mol. The van der Waals surface area contributed by atoms with Crippen molar-refractivity contribution in [2.24, 2.45) is 0 Å². The van der Waals surface area contributed by atoms with Crippen molar-refractivity contribution in [2.45, 2.75) is 6.10 Å². The summed E-state index contributed by atoms with van der Waals surface area (Å²) in [6.45, 7) is -0.958. The first-order valence-electron chi connectivity index (χ1n) is 2.36. The molecule has 0 heterocycles. The van der Waals surface area contributed by atoms with Crippen molar-refractivity contribution in [1.82, 2.24) is 0 Å². The van der Waals surface area contributed by atoms with Gasteiger partial charge in [0.25, 0.3) is 9.05 Å². The van der Waals surface area contributed by atoms with E-state index in [2.05, 4.69) is 15.4 Å². The second-order valence-corrected chi connectivity index (χ2v) is 3.90. The monoisotopic (exact) mass is 188 g/mol. The second kappa shape index (κ2) is 4.16. The highest BCUT2D eigenvalue weighted by molar-refractivity contribution is 8.27. The van der Waals surface area contributed by atoms with Crippen molar-refractivity contribution >= 4 is 20.2 Å². The van der Waals surface area contributed by atoms with E-state index in [0.717, 1.165) is 0 Å². The first-order chi connectivity index (χ1) is 4.45. The van der Waals surface area contributed by atoms with Gasteiger partial charge >= 0.3 is 0 Å². The van der Waals surface area contributed by atoms with Crippen LogP contribution in [0, 0.1) is 0 Å². The van der Waals surface area contributed by atoms with Gasteiger partial charge in [-0.1, -0.05) is 0 Å². The smallest absolute Gasteiger partial charge is 0.266 e. The van der Waals surface area contributed by atoms with E-state index in [4.69, 9.17) is 14.8 Å². The first kappa shape index (κ1) is 10.2. The van der Waals surface area contributed by atoms with Crippen LogP contribution in [-0.4, -0.2) is 38.3 Å². The summed E-state index contributed by atoms with van der Waals surface area (Å²) in [5, 5.41) is 16.8. The molecule has 0 amide bonds. The van der Waals surface area contributed by atoms with Crippen molar-refractivity contribution in [3.8, 4) is 0 Å². The summed E-state index contributed by atoms with van der Waals surface area (Å²) in [7, 11) is -3.67. The molecule has 10 heavy (non-hydrogen) atoms. The predicted octanol–water partition coefficient (Wildman–Crippen LogP) is -1.51. The zero-order chi connectivity index (χ0) is 8.20. The quantitative estimate of drug-likeness (QED) is 0.497. The fourth-order valence-corrected chi connectivity index (χ4v) is 0.713. The van der Waals surface area contributed by atoms with Crippen LogP contribution in [0.3, 0.4) is 0 Å². The molecule has 0 fully saturated rings. The van der Waals surface area contributed by atoms with Crippen molar-refractivity contribution in [2.75, 3.05) is 13.2 Å². The van der Waals surface area contributed by atoms with Crippen LogP contribution >= 0.6 is 0 Å². The molecule has 2 unspecified atom stereocenters. The van der Waals surface area contributed by atoms with Gasteiger partial charge in [-0.2, -0.15) is 4.21 Å². The van der Waals surface area contributed by atoms with Crippen LogP contribution in [0.1, 0.15) is 0 Å². The topological polar surface area (TPSA) is 87.0 Å². The van der Waals surface area contributed by atoms with Crippen LogP contribution in [0.2, 0.25) is 0 Å². The number of hydrogen-bond acceptors (Lipinski definition) is 5. The lowest BCUT2D eigenvalue weighted by Crippen LogP contribution is -2.21. The molecule has 0 aromatic heterocycles. The normalized spacial score (nSPS) is 19.9. The molecule has 0 rings (SSSR count). The third-order valence-electron chi connectivity index (χ3n) is 0.620. The average molecular weight is 188 g/mol. The predicted molar refractivity (Wildman–Crippen MR) is 37.2 cm³/mol. The Morgan fingerprint density at radius 2 is 2.20 bits per heavy atom. The summed E-state index contributed by atoms with van der Waals surface area (Å²) in [6, 6.07) is 0. The average Bonchev–Trinajstić information content (AvgIpc) is 1.81. The number of rotatable bonds is 4. The van der Waals surface area contributed by atoms with E-state index in [1.54, 1.807) is 0 Å². The Hall–Kier alpha value is 0.210. The fourth-order valence-electron chi connectivity index (χ4n) is 0.217. The largest absolute Gasteiger partial charge is 0.394 e. The van der Waals surface area contributed by atoms with Gasteiger partial charge in [-0.25, -0.2) is 0 Å². The summed E-state index contributed by atoms with van der Waals surface area (Å²) in [4.78, 5) is 0. The van der Waals surface area contributed by atoms with Gasteiger partial charge in [-0.05, 0) is 0 Å². The Balaban J connectivity index is 3.56. The van der Waals surface area contributed by atoms with Gasteiger partial charge in [0.15, 0.2) is 0 Å². The third kappa shape index (κ3) is 6.33. The van der Waals surface area contributed by atoms with Crippen LogP contribution < -0.4 is 0 Å². The zero-order valence-corrected chi connectivity index (χ0v) is 6.60. The lowest BCUT2D eigenvalue weighted by molar-refractivity contribution is 0.0548.